The molecule has 0 bridgehead atoms. The highest BCUT2D eigenvalue weighted by molar-refractivity contribution is 5.94. The van der Waals surface area contributed by atoms with E-state index in [1.54, 1.807) is 18.6 Å². The lowest BCUT2D eigenvalue weighted by Gasteiger charge is -2.07. The van der Waals surface area contributed by atoms with Crippen LogP contribution >= 0.6 is 0 Å². The second-order valence-corrected chi connectivity index (χ2v) is 3.89. The number of rotatable bonds is 4. The lowest BCUT2D eigenvalue weighted by molar-refractivity contribution is 0.316. The third-order valence-corrected chi connectivity index (χ3v) is 2.69. The molecule has 2 aromatic heterocycles. The maximum absolute atomic E-state index is 5.77. The van der Waals surface area contributed by atoms with E-state index in [9.17, 15) is 0 Å². The molecule has 92 valence electrons. The molecule has 0 aliphatic rings. The maximum atomic E-state index is 5.77. The number of anilines is 2. The minimum absolute atomic E-state index is 0.561. The Balaban J connectivity index is 1.75. The molecule has 0 amide bonds. The Labute approximate surface area is 103 Å². The van der Waals surface area contributed by atoms with E-state index in [2.05, 4.69) is 20.6 Å². The van der Waals surface area contributed by atoms with E-state index in [0.29, 0.717) is 16.7 Å². The average Bonchev–Trinajstić information content (AvgIpc) is 3.02. The fraction of sp³-hybridized carbons (Fsp3) is 0.182. The molecule has 3 N–H and O–H groups in total. The van der Waals surface area contributed by atoms with Crippen molar-refractivity contribution >= 4 is 22.4 Å². The largest absolute Gasteiger partial charge is 0.397 e. The number of fused-ring (bicyclic) bond motifs is 1. The Hall–Kier alpha value is -2.57. The highest BCUT2D eigenvalue weighted by Crippen LogP contribution is 2.24. The topological polar surface area (TPSA) is 94.8 Å². The first-order chi connectivity index (χ1) is 8.84. The van der Waals surface area contributed by atoms with Crippen LogP contribution in [0.1, 0.15) is 0 Å². The summed E-state index contributed by atoms with van der Waals surface area (Å²) >= 11 is 0. The van der Waals surface area contributed by atoms with Crippen LogP contribution < -0.4 is 11.1 Å². The molecule has 0 unspecified atom stereocenters. The summed E-state index contributed by atoms with van der Waals surface area (Å²) in [6, 6.07) is 3.65. The zero-order valence-corrected chi connectivity index (χ0v) is 9.58. The summed E-state index contributed by atoms with van der Waals surface area (Å²) in [5, 5.41) is 10.9. The molecule has 18 heavy (non-hydrogen) atoms. The first-order valence-electron chi connectivity index (χ1n) is 5.55. The summed E-state index contributed by atoms with van der Waals surface area (Å²) in [5.74, 6) is 0. The fourth-order valence-electron chi connectivity index (χ4n) is 1.77. The van der Waals surface area contributed by atoms with Crippen LogP contribution in [0.3, 0.4) is 0 Å². The van der Waals surface area contributed by atoms with E-state index in [1.807, 2.05) is 16.8 Å². The maximum Gasteiger partial charge on any atom is 0.160 e. The van der Waals surface area contributed by atoms with E-state index >= 15 is 0 Å². The van der Waals surface area contributed by atoms with Crippen LogP contribution in [0.25, 0.3) is 11.0 Å². The van der Waals surface area contributed by atoms with Crippen LogP contribution in [0.4, 0.5) is 11.4 Å². The number of aromatic nitrogens is 4. The molecule has 7 heteroatoms. The number of imidazole rings is 1. The third-order valence-electron chi connectivity index (χ3n) is 2.69. The second kappa shape index (κ2) is 4.36. The molecular weight excluding hydrogens is 232 g/mol. The van der Waals surface area contributed by atoms with Gasteiger partial charge in [-0.15, -0.1) is 0 Å². The van der Waals surface area contributed by atoms with Gasteiger partial charge in [-0.2, -0.15) is 0 Å². The molecule has 3 rings (SSSR count). The van der Waals surface area contributed by atoms with E-state index in [1.165, 1.54) is 0 Å². The third kappa shape index (κ3) is 1.86. The highest BCUT2D eigenvalue weighted by Gasteiger charge is 2.09. The zero-order valence-electron chi connectivity index (χ0n) is 9.58. The van der Waals surface area contributed by atoms with Crippen molar-refractivity contribution in [1.29, 1.82) is 0 Å². The van der Waals surface area contributed by atoms with Gasteiger partial charge in [0.25, 0.3) is 0 Å². The lowest BCUT2D eigenvalue weighted by Crippen LogP contribution is -2.09. The van der Waals surface area contributed by atoms with Gasteiger partial charge in [-0.25, -0.2) is 9.61 Å². The average molecular weight is 244 g/mol. The molecular formula is C11H12N6O. The van der Waals surface area contributed by atoms with Gasteiger partial charge in [0.15, 0.2) is 11.0 Å². The molecule has 0 aliphatic heterocycles. The standard InChI is InChI=1S/C11H12N6O/c12-8-1-2-9(11-10(8)15-18-16-11)14-4-6-17-5-3-13-7-17/h1-3,5,7,14H,4,6,12H2. The van der Waals surface area contributed by atoms with Gasteiger partial charge in [-0.1, -0.05) is 0 Å². The summed E-state index contributed by atoms with van der Waals surface area (Å²) < 4.78 is 6.69. The van der Waals surface area contributed by atoms with Crippen molar-refractivity contribution in [1.82, 2.24) is 19.9 Å². The zero-order chi connectivity index (χ0) is 12.4. The number of hydrogen-bond acceptors (Lipinski definition) is 6. The number of nitrogens with two attached hydrogens (primary N) is 1. The van der Waals surface area contributed by atoms with E-state index in [-0.39, 0.29) is 0 Å². The fourth-order valence-corrected chi connectivity index (χ4v) is 1.77. The van der Waals surface area contributed by atoms with Crippen LogP contribution in [0, 0.1) is 0 Å². The van der Waals surface area contributed by atoms with Gasteiger partial charge in [0.1, 0.15) is 0 Å². The van der Waals surface area contributed by atoms with Gasteiger partial charge < -0.3 is 15.6 Å². The summed E-state index contributed by atoms with van der Waals surface area (Å²) in [4.78, 5) is 3.98. The summed E-state index contributed by atoms with van der Waals surface area (Å²) in [7, 11) is 0. The van der Waals surface area contributed by atoms with Gasteiger partial charge in [0.2, 0.25) is 0 Å². The quantitative estimate of drug-likeness (QED) is 0.668. The number of hydrogen-bond donors (Lipinski definition) is 2. The van der Waals surface area contributed by atoms with Crippen LogP contribution in [-0.2, 0) is 6.54 Å². The van der Waals surface area contributed by atoms with Crippen molar-refractivity contribution in [2.45, 2.75) is 6.54 Å². The highest BCUT2D eigenvalue weighted by atomic mass is 16.6. The van der Waals surface area contributed by atoms with Crippen LogP contribution in [0.2, 0.25) is 0 Å². The molecule has 3 aromatic rings. The minimum Gasteiger partial charge on any atom is -0.397 e. The molecule has 0 fully saturated rings. The summed E-state index contributed by atoms with van der Waals surface area (Å²) in [6.45, 7) is 1.57. The van der Waals surface area contributed by atoms with E-state index < -0.39 is 0 Å². The lowest BCUT2D eigenvalue weighted by atomic mass is 10.2. The van der Waals surface area contributed by atoms with Crippen LogP contribution in [-0.4, -0.2) is 26.4 Å². The normalized spacial score (nSPS) is 10.9. The Morgan fingerprint density at radius 1 is 1.28 bits per heavy atom. The van der Waals surface area contributed by atoms with Gasteiger partial charge in [-0.3, -0.25) is 0 Å². The number of nitrogens with one attached hydrogen (secondary N) is 1. The van der Waals surface area contributed by atoms with Crippen LogP contribution in [0.15, 0.2) is 35.5 Å². The molecule has 0 radical (unpaired) electrons. The minimum atomic E-state index is 0.561. The predicted molar refractivity (Wildman–Crippen MR) is 66.9 cm³/mol. The van der Waals surface area contributed by atoms with Crippen molar-refractivity contribution in [2.75, 3.05) is 17.6 Å². The van der Waals surface area contributed by atoms with Gasteiger partial charge in [0.05, 0.1) is 17.7 Å². The Morgan fingerprint density at radius 2 is 2.17 bits per heavy atom. The monoisotopic (exact) mass is 244 g/mol. The van der Waals surface area contributed by atoms with Gasteiger partial charge in [-0.05, 0) is 22.4 Å². The van der Waals surface area contributed by atoms with Crippen molar-refractivity contribution in [2.24, 2.45) is 0 Å². The molecule has 0 saturated heterocycles. The Morgan fingerprint density at radius 3 is 3.00 bits per heavy atom. The van der Waals surface area contributed by atoms with Crippen molar-refractivity contribution < 1.29 is 4.63 Å². The van der Waals surface area contributed by atoms with Gasteiger partial charge >= 0.3 is 0 Å². The first-order valence-corrected chi connectivity index (χ1v) is 5.55. The first kappa shape index (κ1) is 10.6. The molecule has 0 aliphatic carbocycles. The molecule has 0 saturated carbocycles. The van der Waals surface area contributed by atoms with Gasteiger partial charge in [0, 0.05) is 25.5 Å². The van der Waals surface area contributed by atoms with Crippen LogP contribution in [0.5, 0.6) is 0 Å². The molecule has 0 atom stereocenters. The predicted octanol–water partition coefficient (Wildman–Crippen LogP) is 1.11. The SMILES string of the molecule is Nc1ccc(NCCn2ccnc2)c2nonc12. The van der Waals surface area contributed by atoms with Crippen molar-refractivity contribution in [3.63, 3.8) is 0 Å². The number of nitrogen functional groups attached to an aromatic ring is 1. The Bertz CT molecular complexity index is 645. The van der Waals surface area contributed by atoms with E-state index in [4.69, 9.17) is 10.4 Å². The molecule has 7 nitrogen and oxygen atoms in total. The van der Waals surface area contributed by atoms with Crippen molar-refractivity contribution in [3.05, 3.63) is 30.9 Å². The van der Waals surface area contributed by atoms with E-state index in [0.717, 1.165) is 18.8 Å². The molecule has 1 aromatic carbocycles. The molecule has 2 heterocycles. The smallest absolute Gasteiger partial charge is 0.160 e. The Kier molecular flexibility index (Phi) is 2.56. The molecule has 0 spiro atoms. The number of benzene rings is 1. The number of nitrogens with zero attached hydrogens (tertiary/aromatic N) is 4. The summed E-state index contributed by atoms with van der Waals surface area (Å²) in [6.07, 6.45) is 5.44. The second-order valence-electron chi connectivity index (χ2n) is 3.89. The van der Waals surface area contributed by atoms with Crippen molar-refractivity contribution in [3.8, 4) is 0 Å². The summed E-state index contributed by atoms with van der Waals surface area (Å²) in [5.41, 5.74) is 8.43.